The van der Waals surface area contributed by atoms with Crippen molar-refractivity contribution in [1.29, 1.82) is 0 Å². The van der Waals surface area contributed by atoms with E-state index in [1.54, 1.807) is 29.5 Å². The summed E-state index contributed by atoms with van der Waals surface area (Å²) >= 11 is 1.71. The van der Waals surface area contributed by atoms with E-state index in [2.05, 4.69) is 11.1 Å². The predicted molar refractivity (Wildman–Crippen MR) is 80.9 cm³/mol. The van der Waals surface area contributed by atoms with Crippen LogP contribution in [-0.2, 0) is 12.8 Å². The lowest BCUT2D eigenvalue weighted by atomic mass is 9.99. The van der Waals surface area contributed by atoms with Gasteiger partial charge in [-0.25, -0.2) is 9.78 Å². The number of aromatic nitrogens is 1. The second kappa shape index (κ2) is 4.70. The van der Waals surface area contributed by atoms with Gasteiger partial charge >= 0.3 is 5.97 Å². The first kappa shape index (κ1) is 12.6. The fraction of sp³-hybridized carbons (Fsp3) is 0.250. The minimum Gasteiger partial charge on any atom is -0.478 e. The van der Waals surface area contributed by atoms with E-state index in [0.29, 0.717) is 17.0 Å². The Kier molecular flexibility index (Phi) is 2.82. The topological polar surface area (TPSA) is 63.3 Å². The lowest BCUT2D eigenvalue weighted by molar-refractivity contribution is 0.0698. The molecule has 0 fully saturated rings. The van der Waals surface area contributed by atoms with Crippen molar-refractivity contribution < 1.29 is 14.3 Å². The highest BCUT2D eigenvalue weighted by Crippen LogP contribution is 2.36. The van der Waals surface area contributed by atoms with Crippen LogP contribution in [0.5, 0.6) is 0 Å². The number of thiophene rings is 1. The Bertz CT molecular complexity index is 823. The Morgan fingerprint density at radius 2 is 2.14 bits per heavy atom. The number of carboxylic acids is 1. The summed E-state index contributed by atoms with van der Waals surface area (Å²) in [5.74, 6) is -0.466. The van der Waals surface area contributed by atoms with Crippen molar-refractivity contribution in [3.05, 3.63) is 40.3 Å². The zero-order chi connectivity index (χ0) is 14.4. The molecule has 0 aliphatic heterocycles. The smallest absolute Gasteiger partial charge is 0.339 e. The van der Waals surface area contributed by atoms with Crippen LogP contribution in [0.15, 0.2) is 28.7 Å². The highest BCUT2D eigenvalue weighted by Gasteiger charge is 2.19. The minimum atomic E-state index is -0.992. The van der Waals surface area contributed by atoms with E-state index >= 15 is 0 Å². The van der Waals surface area contributed by atoms with Gasteiger partial charge in [-0.1, -0.05) is 6.07 Å². The van der Waals surface area contributed by atoms with Crippen molar-refractivity contribution >= 4 is 28.4 Å². The Balaban J connectivity index is 1.85. The molecule has 2 aromatic heterocycles. The number of para-hydroxylation sites is 1. The van der Waals surface area contributed by atoms with E-state index in [-0.39, 0.29) is 5.56 Å². The van der Waals surface area contributed by atoms with Crippen LogP contribution in [0.25, 0.3) is 21.9 Å². The number of rotatable bonds is 2. The van der Waals surface area contributed by atoms with Gasteiger partial charge in [-0.2, -0.15) is 0 Å². The van der Waals surface area contributed by atoms with Crippen LogP contribution in [0.2, 0.25) is 0 Å². The maximum Gasteiger partial charge on any atom is 0.339 e. The van der Waals surface area contributed by atoms with E-state index < -0.39 is 5.97 Å². The van der Waals surface area contributed by atoms with E-state index in [1.807, 2.05) is 0 Å². The zero-order valence-corrected chi connectivity index (χ0v) is 12.1. The Hall–Kier alpha value is -2.14. The maximum atomic E-state index is 11.2. The van der Waals surface area contributed by atoms with Crippen LogP contribution < -0.4 is 0 Å². The number of nitrogens with zero attached hydrogens (tertiary/aromatic N) is 1. The zero-order valence-electron chi connectivity index (χ0n) is 11.3. The minimum absolute atomic E-state index is 0.160. The lowest BCUT2D eigenvalue weighted by Gasteiger charge is -2.08. The van der Waals surface area contributed by atoms with Gasteiger partial charge in [0.15, 0.2) is 5.58 Å². The molecule has 1 aromatic carbocycles. The molecular formula is C16H13NO3S. The van der Waals surface area contributed by atoms with Crippen molar-refractivity contribution in [1.82, 2.24) is 4.98 Å². The molecule has 0 unspecified atom stereocenters. The number of fused-ring (bicyclic) bond motifs is 2. The molecule has 5 heteroatoms. The van der Waals surface area contributed by atoms with Crippen molar-refractivity contribution in [2.45, 2.75) is 25.7 Å². The first-order chi connectivity index (χ1) is 10.2. The second-order valence-corrected chi connectivity index (χ2v) is 6.38. The Morgan fingerprint density at radius 1 is 1.29 bits per heavy atom. The first-order valence-electron chi connectivity index (χ1n) is 6.97. The highest BCUT2D eigenvalue weighted by atomic mass is 32.1. The van der Waals surface area contributed by atoms with Crippen molar-refractivity contribution in [3.8, 4) is 10.8 Å². The van der Waals surface area contributed by atoms with E-state index in [9.17, 15) is 9.90 Å². The van der Waals surface area contributed by atoms with Crippen LogP contribution >= 0.6 is 11.3 Å². The Morgan fingerprint density at radius 3 is 2.95 bits per heavy atom. The SMILES string of the molecule is O=C(O)c1cccc2nc(-c3cc4c(s3)CCCC4)oc12. The molecule has 1 aliphatic rings. The highest BCUT2D eigenvalue weighted by molar-refractivity contribution is 7.15. The molecule has 0 atom stereocenters. The average molecular weight is 299 g/mol. The van der Waals surface area contributed by atoms with Crippen LogP contribution in [0.1, 0.15) is 33.6 Å². The van der Waals surface area contributed by atoms with Crippen LogP contribution in [0, 0.1) is 0 Å². The average Bonchev–Trinajstić information content (AvgIpc) is 3.09. The predicted octanol–water partition coefficient (Wildman–Crippen LogP) is 4.13. The monoisotopic (exact) mass is 299 g/mol. The number of benzene rings is 1. The van der Waals surface area contributed by atoms with E-state index in [1.165, 1.54) is 23.3 Å². The molecular weight excluding hydrogens is 286 g/mol. The van der Waals surface area contributed by atoms with Gasteiger partial charge < -0.3 is 9.52 Å². The number of carboxylic acid groups (broad SMARTS) is 1. The molecule has 0 saturated carbocycles. The number of aromatic carboxylic acids is 1. The first-order valence-corrected chi connectivity index (χ1v) is 7.79. The van der Waals surface area contributed by atoms with Gasteiger partial charge in [0.1, 0.15) is 11.1 Å². The summed E-state index contributed by atoms with van der Waals surface area (Å²) < 4.78 is 5.74. The quantitative estimate of drug-likeness (QED) is 0.772. The summed E-state index contributed by atoms with van der Waals surface area (Å²) in [4.78, 5) is 18.1. The molecule has 0 bridgehead atoms. The molecule has 3 aromatic rings. The normalized spacial score (nSPS) is 14.3. The van der Waals surface area contributed by atoms with Crippen LogP contribution in [0.4, 0.5) is 0 Å². The summed E-state index contributed by atoms with van der Waals surface area (Å²) in [5.41, 5.74) is 2.50. The number of hydrogen-bond acceptors (Lipinski definition) is 4. The number of aryl methyl sites for hydroxylation is 2. The molecule has 2 heterocycles. The van der Waals surface area contributed by atoms with Gasteiger partial charge in [0.25, 0.3) is 0 Å². The standard InChI is InChI=1S/C16H13NO3S/c18-16(19)10-5-3-6-11-14(10)20-15(17-11)13-8-9-4-1-2-7-12(9)21-13/h3,5-6,8H,1-2,4,7H2,(H,18,19). The van der Waals surface area contributed by atoms with Crippen molar-refractivity contribution in [2.75, 3.05) is 0 Å². The van der Waals surface area contributed by atoms with Gasteiger partial charge in [0.05, 0.1) is 4.88 Å². The molecule has 0 amide bonds. The molecule has 0 saturated heterocycles. The third-order valence-electron chi connectivity index (χ3n) is 3.85. The molecule has 0 radical (unpaired) electrons. The van der Waals surface area contributed by atoms with E-state index in [4.69, 9.17) is 4.42 Å². The van der Waals surface area contributed by atoms with Crippen LogP contribution in [-0.4, -0.2) is 16.1 Å². The molecule has 21 heavy (non-hydrogen) atoms. The summed E-state index contributed by atoms with van der Waals surface area (Å²) in [6.07, 6.45) is 4.72. The third-order valence-corrected chi connectivity index (χ3v) is 5.08. The summed E-state index contributed by atoms with van der Waals surface area (Å²) in [6, 6.07) is 7.16. The fourth-order valence-electron chi connectivity index (χ4n) is 2.82. The number of carbonyl (C=O) groups is 1. The summed E-state index contributed by atoms with van der Waals surface area (Å²) in [5, 5.41) is 9.21. The Labute approximate surface area is 125 Å². The van der Waals surface area contributed by atoms with Gasteiger partial charge in [-0.3, -0.25) is 0 Å². The molecule has 106 valence electrons. The molecule has 4 rings (SSSR count). The lowest BCUT2D eigenvalue weighted by Crippen LogP contribution is -1.96. The maximum absolute atomic E-state index is 11.2. The number of hydrogen-bond donors (Lipinski definition) is 1. The summed E-state index contributed by atoms with van der Waals surface area (Å²) in [7, 11) is 0. The molecule has 1 aliphatic carbocycles. The fourth-order valence-corrected chi connectivity index (χ4v) is 4.00. The molecule has 1 N–H and O–H groups in total. The number of oxazole rings is 1. The van der Waals surface area contributed by atoms with Gasteiger partial charge in [0, 0.05) is 4.88 Å². The van der Waals surface area contributed by atoms with E-state index in [0.717, 1.165) is 17.7 Å². The van der Waals surface area contributed by atoms with Gasteiger partial charge in [-0.15, -0.1) is 11.3 Å². The van der Waals surface area contributed by atoms with Gasteiger partial charge in [-0.05, 0) is 49.4 Å². The second-order valence-electron chi connectivity index (χ2n) is 5.24. The summed E-state index contributed by atoms with van der Waals surface area (Å²) in [6.45, 7) is 0. The third kappa shape index (κ3) is 2.05. The molecule has 0 spiro atoms. The van der Waals surface area contributed by atoms with Crippen molar-refractivity contribution in [3.63, 3.8) is 0 Å². The largest absolute Gasteiger partial charge is 0.478 e. The van der Waals surface area contributed by atoms with Crippen LogP contribution in [0.3, 0.4) is 0 Å². The van der Waals surface area contributed by atoms with Gasteiger partial charge in [0.2, 0.25) is 5.89 Å². The molecule has 4 nitrogen and oxygen atoms in total. The van der Waals surface area contributed by atoms with Crippen molar-refractivity contribution in [2.24, 2.45) is 0 Å².